The lowest BCUT2D eigenvalue weighted by molar-refractivity contribution is -0.206. The zero-order valence-electron chi connectivity index (χ0n) is 26.7. The molecule has 0 aliphatic carbocycles. The van der Waals surface area contributed by atoms with Gasteiger partial charge in [-0.25, -0.2) is 14.4 Å². The van der Waals surface area contributed by atoms with Crippen LogP contribution in [0.5, 0.6) is 0 Å². The molecule has 262 valence electrons. The van der Waals surface area contributed by atoms with E-state index in [0.717, 1.165) is 11.8 Å². The number of benzene rings is 3. The van der Waals surface area contributed by atoms with Crippen molar-refractivity contribution < 1.29 is 51.1 Å². The molecule has 3 aromatic rings. The van der Waals surface area contributed by atoms with Gasteiger partial charge in [-0.15, -0.1) is 16.5 Å². The lowest BCUT2D eigenvalue weighted by Crippen LogP contribution is -2.66. The molecule has 1 N–H and O–H groups in total. The highest BCUT2D eigenvalue weighted by Crippen LogP contribution is 2.39. The Morgan fingerprint density at radius 2 is 1.27 bits per heavy atom. The first-order chi connectivity index (χ1) is 23.4. The molecule has 0 bridgehead atoms. The van der Waals surface area contributed by atoms with E-state index < -0.39 is 76.9 Å². The average molecular weight is 720 g/mol. The van der Waals surface area contributed by atoms with Gasteiger partial charge < -0.3 is 23.5 Å². The van der Waals surface area contributed by atoms with E-state index in [9.17, 15) is 32.1 Å². The number of thioether (sulfide) groups is 1. The number of carbonyl (C=O) groups is 3. The van der Waals surface area contributed by atoms with Crippen molar-refractivity contribution in [2.45, 2.75) is 61.8 Å². The number of alkyl halides is 3. The third-order valence-corrected chi connectivity index (χ3v) is 9.55. The lowest BCUT2D eigenvalue weighted by atomic mass is 9.90. The minimum atomic E-state index is -5.01. The van der Waals surface area contributed by atoms with E-state index in [1.807, 2.05) is 6.92 Å². The first kappa shape index (κ1) is 38.0. The van der Waals surface area contributed by atoms with Crippen molar-refractivity contribution in [2.75, 3.05) is 12.0 Å². The number of hydrogen-bond donors (Lipinski definition) is 1. The largest absolute Gasteiger partial charge is 0.598 e. The van der Waals surface area contributed by atoms with Crippen LogP contribution in [-0.4, -0.2) is 76.5 Å². The van der Waals surface area contributed by atoms with Gasteiger partial charge in [0, 0.05) is 11.4 Å². The normalized spacial score (nSPS) is 22.0. The number of hydrogen-bond acceptors (Lipinski definition) is 10. The number of carbonyl (C=O) groups excluding carboxylic acids is 3. The highest BCUT2D eigenvalue weighted by Gasteiger charge is 2.57. The van der Waals surface area contributed by atoms with Crippen molar-refractivity contribution in [3.63, 3.8) is 0 Å². The van der Waals surface area contributed by atoms with Crippen LogP contribution in [0.15, 0.2) is 103 Å². The van der Waals surface area contributed by atoms with Crippen LogP contribution in [0.25, 0.3) is 0 Å². The summed E-state index contributed by atoms with van der Waals surface area (Å²) in [7, 11) is 0. The lowest BCUT2D eigenvalue weighted by Gasteiger charge is -2.46. The summed E-state index contributed by atoms with van der Waals surface area (Å²) in [5.74, 6) is -2.76. The van der Waals surface area contributed by atoms with Gasteiger partial charge in [-0.1, -0.05) is 74.5 Å². The average Bonchev–Trinajstić information content (AvgIpc) is 3.11. The molecule has 0 amide bonds. The Morgan fingerprint density at radius 3 is 1.67 bits per heavy atom. The predicted octanol–water partition coefficient (Wildman–Crippen LogP) is 6.29. The fourth-order valence-electron chi connectivity index (χ4n) is 4.97. The van der Waals surface area contributed by atoms with Crippen LogP contribution in [0.1, 0.15) is 50.8 Å². The molecule has 4 unspecified atom stereocenters. The Morgan fingerprint density at radius 1 is 0.837 bits per heavy atom. The molecule has 7 atom stereocenters. The summed E-state index contributed by atoms with van der Waals surface area (Å²) < 4.78 is 82.6. The van der Waals surface area contributed by atoms with Crippen LogP contribution in [0.3, 0.4) is 0 Å². The van der Waals surface area contributed by atoms with Crippen molar-refractivity contribution in [3.8, 4) is 0 Å². The summed E-state index contributed by atoms with van der Waals surface area (Å²) in [6.07, 6.45) is -9.23. The monoisotopic (exact) mass is 719 g/mol. The molecule has 4 rings (SSSR count). The van der Waals surface area contributed by atoms with Gasteiger partial charge in [0.15, 0.2) is 18.3 Å². The Labute approximate surface area is 289 Å². The third kappa shape index (κ3) is 10.1. The molecule has 49 heavy (non-hydrogen) atoms. The molecule has 0 spiro atoms. The van der Waals surface area contributed by atoms with Crippen molar-refractivity contribution in [3.05, 3.63) is 120 Å². The van der Waals surface area contributed by atoms with Gasteiger partial charge in [0.05, 0.1) is 22.3 Å². The SMILES string of the molecule is C=C([C@@H](N[S+]([O-])CCCC)[C@H]1OC(SC)[C@H](OC(=O)c2ccccc2)C(OC(=O)c2ccccc2)C1OC(=O)c1ccccc1)C(F)(F)F. The summed E-state index contributed by atoms with van der Waals surface area (Å²) in [5.41, 5.74) is -2.39. The van der Waals surface area contributed by atoms with Gasteiger partial charge in [0.2, 0.25) is 0 Å². The fourth-order valence-corrected chi connectivity index (χ4v) is 6.92. The van der Waals surface area contributed by atoms with Crippen LogP contribution < -0.4 is 4.72 Å². The molecule has 1 aliphatic rings. The minimum absolute atomic E-state index is 0.00895. The minimum Gasteiger partial charge on any atom is -0.598 e. The second-order valence-electron chi connectivity index (χ2n) is 10.9. The van der Waals surface area contributed by atoms with Crippen molar-refractivity contribution in [2.24, 2.45) is 0 Å². The van der Waals surface area contributed by atoms with E-state index in [1.54, 1.807) is 60.9 Å². The molecule has 0 radical (unpaired) electrons. The summed E-state index contributed by atoms with van der Waals surface area (Å²) in [6, 6.07) is 21.2. The van der Waals surface area contributed by atoms with Crippen LogP contribution in [0.2, 0.25) is 0 Å². The van der Waals surface area contributed by atoms with E-state index >= 15 is 0 Å². The summed E-state index contributed by atoms with van der Waals surface area (Å²) in [6.45, 7) is 5.09. The zero-order valence-corrected chi connectivity index (χ0v) is 28.3. The molecule has 14 heteroatoms. The maximum Gasteiger partial charge on any atom is 0.413 e. The molecule has 1 saturated heterocycles. The number of unbranched alkanes of at least 4 members (excludes halogenated alkanes) is 1. The molecule has 3 aromatic carbocycles. The molecule has 9 nitrogen and oxygen atoms in total. The smallest absolute Gasteiger partial charge is 0.413 e. The van der Waals surface area contributed by atoms with Crippen molar-refractivity contribution in [1.29, 1.82) is 0 Å². The molecule has 1 fully saturated rings. The molecule has 0 saturated carbocycles. The summed E-state index contributed by atoms with van der Waals surface area (Å²) in [5, 5.41) is 0. The Bertz CT molecular complexity index is 1550. The third-order valence-electron chi connectivity index (χ3n) is 7.53. The summed E-state index contributed by atoms with van der Waals surface area (Å²) >= 11 is -1.05. The van der Waals surface area contributed by atoms with Gasteiger partial charge >= 0.3 is 24.1 Å². The van der Waals surface area contributed by atoms with Crippen LogP contribution in [-0.2, 0) is 30.3 Å². The quantitative estimate of drug-likeness (QED) is 0.0880. The maximum atomic E-state index is 14.4. The number of rotatable bonds is 14. The Hall–Kier alpha value is -3.82. The van der Waals surface area contributed by atoms with Crippen molar-refractivity contribution in [1.82, 2.24) is 4.72 Å². The topological polar surface area (TPSA) is 123 Å². The molecule has 1 heterocycles. The zero-order chi connectivity index (χ0) is 35.6. The van der Waals surface area contributed by atoms with E-state index in [2.05, 4.69) is 11.3 Å². The Balaban J connectivity index is 1.86. The van der Waals surface area contributed by atoms with Gasteiger partial charge in [0.25, 0.3) is 0 Å². The van der Waals surface area contributed by atoms with Crippen LogP contribution in [0, 0.1) is 0 Å². The number of esters is 3. The van der Waals surface area contributed by atoms with Gasteiger partial charge in [0.1, 0.15) is 23.3 Å². The second-order valence-corrected chi connectivity index (χ2v) is 13.2. The number of nitrogens with one attached hydrogen (secondary N) is 1. The van der Waals surface area contributed by atoms with E-state index in [1.165, 1.54) is 36.4 Å². The van der Waals surface area contributed by atoms with Crippen LogP contribution >= 0.6 is 11.8 Å². The maximum absolute atomic E-state index is 14.4. The van der Waals surface area contributed by atoms with Gasteiger partial charge in [-0.05, 0) is 49.1 Å². The highest BCUT2D eigenvalue weighted by atomic mass is 32.2. The molecule has 1 aliphatic heterocycles. The number of halogens is 3. The molecular weight excluding hydrogens is 684 g/mol. The highest BCUT2D eigenvalue weighted by molar-refractivity contribution is 7.99. The first-order valence-corrected chi connectivity index (χ1v) is 17.9. The Kier molecular flexibility index (Phi) is 13.7. The standard InChI is InChI=1S/C35H36F3NO8S2/c1-4-5-21-49(43)39-26(22(2)35(36,37)38)27-28(44-31(40)23-15-9-6-10-16-23)29(45-32(41)24-17-11-7-12-18-24)30(34(47-27)48-3)46-33(42)25-19-13-8-14-20-25/h6-20,26-30,34,39H,2,4-5,21H2,1,3H3/t26-,27-,28?,29?,30-,34?,49?/m1/s1. The second kappa shape index (κ2) is 17.7. The predicted molar refractivity (Wildman–Crippen MR) is 179 cm³/mol. The van der Waals surface area contributed by atoms with Gasteiger partial charge in [-0.2, -0.15) is 13.2 Å². The van der Waals surface area contributed by atoms with E-state index in [-0.39, 0.29) is 22.4 Å². The van der Waals surface area contributed by atoms with E-state index in [0.29, 0.717) is 12.8 Å². The first-order valence-electron chi connectivity index (χ1n) is 15.3. The van der Waals surface area contributed by atoms with Crippen LogP contribution in [0.4, 0.5) is 13.2 Å². The fraction of sp³-hybridized carbons (Fsp3) is 0.343. The summed E-state index contributed by atoms with van der Waals surface area (Å²) in [4.78, 5) is 40.5. The molecule has 0 aromatic heterocycles. The molecular formula is C35H36F3NO8S2. The van der Waals surface area contributed by atoms with Gasteiger partial charge in [-0.3, -0.25) is 0 Å². The van der Waals surface area contributed by atoms with Crippen molar-refractivity contribution >= 4 is 41.0 Å². The number of ether oxygens (including phenoxy) is 4. The van der Waals surface area contributed by atoms with E-state index in [4.69, 9.17) is 18.9 Å².